The maximum atomic E-state index is 12.3. The van der Waals surface area contributed by atoms with Crippen molar-refractivity contribution in [2.24, 2.45) is 0 Å². The molecule has 0 unspecified atom stereocenters. The van der Waals surface area contributed by atoms with E-state index in [0.717, 1.165) is 11.1 Å². The fraction of sp³-hybridized carbons (Fsp3) is 0.235. The Bertz CT molecular complexity index is 724. The Morgan fingerprint density at radius 1 is 1.09 bits per heavy atom. The SMILES string of the molecule is Cc1cc(O[C@H](C)C(=O)Nc2cc(Cl)ccc2Cl)cc(C)c1Cl. The predicted octanol–water partition coefficient (Wildman–Crippen LogP) is 5.67. The van der Waals surface area contributed by atoms with E-state index in [1.54, 1.807) is 37.3 Å². The normalized spacial score (nSPS) is 11.9. The zero-order chi connectivity index (χ0) is 17.1. The highest BCUT2D eigenvalue weighted by molar-refractivity contribution is 6.35. The largest absolute Gasteiger partial charge is 0.481 e. The number of amides is 1. The molecule has 0 aliphatic carbocycles. The van der Waals surface area contributed by atoms with E-state index in [2.05, 4.69) is 5.32 Å². The molecule has 2 aromatic rings. The quantitative estimate of drug-likeness (QED) is 0.751. The molecule has 1 atom stereocenters. The smallest absolute Gasteiger partial charge is 0.265 e. The average Bonchev–Trinajstić information content (AvgIpc) is 2.48. The van der Waals surface area contributed by atoms with Crippen LogP contribution in [0, 0.1) is 13.8 Å². The van der Waals surface area contributed by atoms with Gasteiger partial charge in [0, 0.05) is 10.0 Å². The molecule has 0 saturated carbocycles. The number of anilines is 1. The molecule has 1 N–H and O–H groups in total. The first kappa shape index (κ1) is 17.9. The van der Waals surface area contributed by atoms with Gasteiger partial charge in [0.15, 0.2) is 6.10 Å². The van der Waals surface area contributed by atoms with E-state index in [4.69, 9.17) is 39.5 Å². The van der Waals surface area contributed by atoms with Gasteiger partial charge in [-0.2, -0.15) is 0 Å². The van der Waals surface area contributed by atoms with Crippen LogP contribution in [-0.2, 0) is 4.79 Å². The van der Waals surface area contributed by atoms with Gasteiger partial charge in [0.25, 0.3) is 5.91 Å². The molecule has 0 saturated heterocycles. The maximum absolute atomic E-state index is 12.3. The summed E-state index contributed by atoms with van der Waals surface area (Å²) < 4.78 is 5.69. The van der Waals surface area contributed by atoms with Crippen LogP contribution in [-0.4, -0.2) is 12.0 Å². The third kappa shape index (κ3) is 4.54. The average molecular weight is 373 g/mol. The highest BCUT2D eigenvalue weighted by atomic mass is 35.5. The number of carbonyl (C=O) groups excluding carboxylic acids is 1. The lowest BCUT2D eigenvalue weighted by Crippen LogP contribution is -2.30. The Morgan fingerprint density at radius 2 is 1.70 bits per heavy atom. The molecule has 122 valence electrons. The first-order valence-electron chi connectivity index (χ1n) is 6.97. The monoisotopic (exact) mass is 371 g/mol. The molecule has 0 aliphatic heterocycles. The second-order valence-corrected chi connectivity index (χ2v) is 6.47. The lowest BCUT2D eigenvalue weighted by molar-refractivity contribution is -0.122. The summed E-state index contributed by atoms with van der Waals surface area (Å²) in [5.74, 6) is 0.267. The third-order valence-corrected chi connectivity index (χ3v) is 4.44. The number of ether oxygens (including phenoxy) is 1. The first-order chi connectivity index (χ1) is 10.8. The van der Waals surface area contributed by atoms with E-state index in [-0.39, 0.29) is 5.91 Å². The van der Waals surface area contributed by atoms with E-state index in [1.807, 2.05) is 13.8 Å². The van der Waals surface area contributed by atoms with Crippen molar-refractivity contribution in [2.45, 2.75) is 26.9 Å². The molecular formula is C17H16Cl3NO2. The van der Waals surface area contributed by atoms with Crippen LogP contribution in [0.5, 0.6) is 5.75 Å². The van der Waals surface area contributed by atoms with Gasteiger partial charge in [-0.25, -0.2) is 0 Å². The highest BCUT2D eigenvalue weighted by Crippen LogP contribution is 2.28. The number of aryl methyl sites for hydroxylation is 2. The number of carbonyl (C=O) groups is 1. The maximum Gasteiger partial charge on any atom is 0.265 e. The third-order valence-electron chi connectivity index (χ3n) is 3.28. The van der Waals surface area contributed by atoms with E-state index in [9.17, 15) is 4.79 Å². The second-order valence-electron chi connectivity index (χ2n) is 5.24. The van der Waals surface area contributed by atoms with Crippen molar-refractivity contribution < 1.29 is 9.53 Å². The van der Waals surface area contributed by atoms with Gasteiger partial charge in [-0.1, -0.05) is 34.8 Å². The van der Waals surface area contributed by atoms with Crippen molar-refractivity contribution in [1.82, 2.24) is 0 Å². The molecule has 1 amide bonds. The summed E-state index contributed by atoms with van der Waals surface area (Å²) in [6.07, 6.45) is -0.704. The molecule has 0 aliphatic rings. The summed E-state index contributed by atoms with van der Waals surface area (Å²) in [5, 5.41) is 4.30. The number of halogens is 3. The van der Waals surface area contributed by atoms with Crippen LogP contribution in [0.2, 0.25) is 15.1 Å². The molecule has 2 aromatic carbocycles. The molecule has 6 heteroatoms. The molecule has 2 rings (SSSR count). The lowest BCUT2D eigenvalue weighted by atomic mass is 10.1. The fourth-order valence-corrected chi connectivity index (χ4v) is 2.51. The summed E-state index contributed by atoms with van der Waals surface area (Å²) in [6.45, 7) is 5.43. The molecule has 23 heavy (non-hydrogen) atoms. The molecule has 0 bridgehead atoms. The van der Waals surface area contributed by atoms with Crippen molar-refractivity contribution in [2.75, 3.05) is 5.32 Å². The Balaban J connectivity index is 2.10. The van der Waals surface area contributed by atoms with Crippen LogP contribution in [0.1, 0.15) is 18.1 Å². The van der Waals surface area contributed by atoms with Gasteiger partial charge in [0.2, 0.25) is 0 Å². The Hall–Kier alpha value is -1.42. The van der Waals surface area contributed by atoms with Crippen molar-refractivity contribution >= 4 is 46.4 Å². The lowest BCUT2D eigenvalue weighted by Gasteiger charge is -2.17. The van der Waals surface area contributed by atoms with E-state index < -0.39 is 6.10 Å². The Kier molecular flexibility index (Phi) is 5.79. The highest BCUT2D eigenvalue weighted by Gasteiger charge is 2.17. The fourth-order valence-electron chi connectivity index (χ4n) is 2.06. The summed E-state index contributed by atoms with van der Waals surface area (Å²) in [6, 6.07) is 8.46. The summed E-state index contributed by atoms with van der Waals surface area (Å²) in [7, 11) is 0. The molecule has 0 spiro atoms. The topological polar surface area (TPSA) is 38.3 Å². The van der Waals surface area contributed by atoms with Gasteiger partial charge in [-0.05, 0) is 62.2 Å². The minimum atomic E-state index is -0.704. The van der Waals surface area contributed by atoms with Crippen molar-refractivity contribution in [3.05, 3.63) is 56.5 Å². The molecule has 0 aromatic heterocycles. The molecule has 0 fully saturated rings. The van der Waals surface area contributed by atoms with E-state index in [0.29, 0.717) is 26.5 Å². The molecular weight excluding hydrogens is 357 g/mol. The number of hydrogen-bond donors (Lipinski definition) is 1. The van der Waals surface area contributed by atoms with Crippen molar-refractivity contribution in [3.8, 4) is 5.75 Å². The standard InChI is InChI=1S/C17H16Cl3NO2/c1-9-6-13(7-10(2)16(9)20)23-11(3)17(22)21-15-8-12(18)4-5-14(15)19/h4-8,11H,1-3H3,(H,21,22)/t11-/m1/s1. The van der Waals surface area contributed by atoms with Gasteiger partial charge in [0.1, 0.15) is 5.75 Å². The predicted molar refractivity (Wildman–Crippen MR) is 96.1 cm³/mol. The Morgan fingerprint density at radius 3 is 2.30 bits per heavy atom. The number of rotatable bonds is 4. The van der Waals surface area contributed by atoms with Crippen LogP contribution in [0.25, 0.3) is 0 Å². The van der Waals surface area contributed by atoms with Crippen LogP contribution in [0.4, 0.5) is 5.69 Å². The van der Waals surface area contributed by atoms with Gasteiger partial charge in [0.05, 0.1) is 10.7 Å². The van der Waals surface area contributed by atoms with Crippen LogP contribution in [0.15, 0.2) is 30.3 Å². The van der Waals surface area contributed by atoms with Crippen LogP contribution < -0.4 is 10.1 Å². The van der Waals surface area contributed by atoms with Crippen molar-refractivity contribution in [3.63, 3.8) is 0 Å². The van der Waals surface area contributed by atoms with Gasteiger partial charge in [-0.3, -0.25) is 4.79 Å². The van der Waals surface area contributed by atoms with Crippen molar-refractivity contribution in [1.29, 1.82) is 0 Å². The van der Waals surface area contributed by atoms with Gasteiger partial charge in [-0.15, -0.1) is 0 Å². The number of hydrogen-bond acceptors (Lipinski definition) is 2. The first-order valence-corrected chi connectivity index (χ1v) is 8.10. The molecule has 0 heterocycles. The summed E-state index contributed by atoms with van der Waals surface area (Å²) in [5.41, 5.74) is 2.24. The molecule has 0 radical (unpaired) electrons. The molecule has 3 nitrogen and oxygen atoms in total. The van der Waals surface area contributed by atoms with Crippen LogP contribution >= 0.6 is 34.8 Å². The van der Waals surface area contributed by atoms with E-state index in [1.165, 1.54) is 0 Å². The van der Waals surface area contributed by atoms with Crippen LogP contribution in [0.3, 0.4) is 0 Å². The summed E-state index contributed by atoms with van der Waals surface area (Å²) >= 11 is 18.1. The van der Waals surface area contributed by atoms with Gasteiger partial charge < -0.3 is 10.1 Å². The zero-order valence-corrected chi connectivity index (χ0v) is 15.2. The minimum Gasteiger partial charge on any atom is -0.481 e. The zero-order valence-electron chi connectivity index (χ0n) is 12.9. The van der Waals surface area contributed by atoms with Gasteiger partial charge >= 0.3 is 0 Å². The second kappa shape index (κ2) is 7.43. The van der Waals surface area contributed by atoms with E-state index >= 15 is 0 Å². The minimum absolute atomic E-state index is 0.320. The number of benzene rings is 2. The Labute approximate surface area is 150 Å². The number of nitrogens with one attached hydrogen (secondary N) is 1. The summed E-state index contributed by atoms with van der Waals surface area (Å²) in [4.78, 5) is 12.3.